The Balaban J connectivity index is 2.09. The molecular weight excluding hydrogens is 368 g/mol. The van der Waals surface area contributed by atoms with Crippen LogP contribution in [0.2, 0.25) is 0 Å². The molecule has 1 aromatic rings. The molecule has 0 unspecified atom stereocenters. The quantitative estimate of drug-likeness (QED) is 0.834. The van der Waals surface area contributed by atoms with Crippen LogP contribution in [0.4, 0.5) is 0 Å². The topological polar surface area (TPSA) is 58.6 Å². The van der Waals surface area contributed by atoms with Gasteiger partial charge in [0.05, 0.1) is 18.1 Å². The van der Waals surface area contributed by atoms with Gasteiger partial charge in [0.1, 0.15) is 0 Å². The highest BCUT2D eigenvalue weighted by atomic mass is 79.9. The van der Waals surface area contributed by atoms with Crippen molar-refractivity contribution in [2.45, 2.75) is 25.7 Å². The maximum atomic E-state index is 12.6. The van der Waals surface area contributed by atoms with E-state index in [1.54, 1.807) is 0 Å². The molecule has 0 radical (unpaired) electrons. The number of hydrogen-bond acceptors (Lipinski definition) is 4. The van der Waals surface area contributed by atoms with Crippen LogP contribution in [-0.2, 0) is 14.8 Å². The third-order valence-corrected chi connectivity index (χ3v) is 6.87. The molecule has 0 atom stereocenters. The zero-order valence-electron chi connectivity index (χ0n) is 13.3. The predicted octanol–water partition coefficient (Wildman–Crippen LogP) is 1.98. The van der Waals surface area contributed by atoms with Crippen molar-refractivity contribution in [3.63, 3.8) is 0 Å². The van der Waals surface area contributed by atoms with E-state index < -0.39 is 10.0 Å². The summed E-state index contributed by atoms with van der Waals surface area (Å²) in [5.41, 5.74) is 2.58. The summed E-state index contributed by atoms with van der Waals surface area (Å²) < 4.78 is 34.1. The van der Waals surface area contributed by atoms with Crippen LogP contribution in [0.1, 0.15) is 16.7 Å². The van der Waals surface area contributed by atoms with Crippen LogP contribution in [-0.4, -0.2) is 52.7 Å². The van der Waals surface area contributed by atoms with Gasteiger partial charge in [-0.1, -0.05) is 22.0 Å². The van der Waals surface area contributed by atoms with Crippen molar-refractivity contribution < 1.29 is 13.2 Å². The molecule has 1 aliphatic rings. The molecule has 0 amide bonds. The Hall–Kier alpha value is -0.470. The number of sulfonamides is 1. The summed E-state index contributed by atoms with van der Waals surface area (Å²) in [5.74, 6) is 0. The lowest BCUT2D eigenvalue weighted by Crippen LogP contribution is -2.41. The fourth-order valence-corrected chi connectivity index (χ4v) is 4.73. The van der Waals surface area contributed by atoms with E-state index in [0.29, 0.717) is 18.0 Å². The summed E-state index contributed by atoms with van der Waals surface area (Å²) in [6, 6.07) is 1.90. The standard InChI is InChI=1S/C15H23BrN2O3S/c1-11-10-12(2)15(13(3)14(11)16)22(19,20)17-4-5-18-6-8-21-9-7-18/h10,17H,4-9H2,1-3H3. The summed E-state index contributed by atoms with van der Waals surface area (Å²) in [4.78, 5) is 2.59. The first-order valence-corrected chi connectivity index (χ1v) is 9.66. The Morgan fingerprint density at radius 2 is 1.86 bits per heavy atom. The number of nitrogens with zero attached hydrogens (tertiary/aromatic N) is 1. The smallest absolute Gasteiger partial charge is 0.241 e. The van der Waals surface area contributed by atoms with E-state index in [1.807, 2.05) is 26.8 Å². The summed E-state index contributed by atoms with van der Waals surface area (Å²) in [6.07, 6.45) is 0. The molecule has 0 spiro atoms. The Morgan fingerprint density at radius 3 is 2.50 bits per heavy atom. The molecule has 22 heavy (non-hydrogen) atoms. The van der Waals surface area contributed by atoms with Crippen molar-refractivity contribution in [3.8, 4) is 0 Å². The van der Waals surface area contributed by atoms with Crippen molar-refractivity contribution >= 4 is 26.0 Å². The Labute approximate surface area is 141 Å². The van der Waals surface area contributed by atoms with E-state index >= 15 is 0 Å². The van der Waals surface area contributed by atoms with Gasteiger partial charge in [0.15, 0.2) is 0 Å². The van der Waals surface area contributed by atoms with Crippen molar-refractivity contribution in [2.24, 2.45) is 0 Å². The number of halogens is 1. The number of ether oxygens (including phenoxy) is 1. The van der Waals surface area contributed by atoms with Gasteiger partial charge < -0.3 is 4.74 Å². The highest BCUT2D eigenvalue weighted by Crippen LogP contribution is 2.29. The lowest BCUT2D eigenvalue weighted by atomic mass is 10.1. The molecule has 2 rings (SSSR count). The highest BCUT2D eigenvalue weighted by Gasteiger charge is 2.22. The van der Waals surface area contributed by atoms with Crippen LogP contribution in [0.25, 0.3) is 0 Å². The van der Waals surface area contributed by atoms with Crippen molar-refractivity contribution in [1.82, 2.24) is 9.62 Å². The molecule has 1 saturated heterocycles. The lowest BCUT2D eigenvalue weighted by Gasteiger charge is -2.26. The van der Waals surface area contributed by atoms with E-state index in [0.717, 1.165) is 47.5 Å². The van der Waals surface area contributed by atoms with Crippen molar-refractivity contribution in [2.75, 3.05) is 39.4 Å². The Bertz CT molecular complexity index is 641. The minimum atomic E-state index is -3.50. The first kappa shape index (κ1) is 17.9. The summed E-state index contributed by atoms with van der Waals surface area (Å²) in [7, 11) is -3.50. The number of rotatable bonds is 5. The van der Waals surface area contributed by atoms with E-state index in [2.05, 4.69) is 25.6 Å². The maximum Gasteiger partial charge on any atom is 0.241 e. The van der Waals surface area contributed by atoms with Gasteiger partial charge in [0.25, 0.3) is 0 Å². The van der Waals surface area contributed by atoms with Gasteiger partial charge in [-0.05, 0) is 37.5 Å². The molecule has 1 fully saturated rings. The zero-order valence-corrected chi connectivity index (χ0v) is 15.7. The molecule has 0 bridgehead atoms. The number of morpholine rings is 1. The van der Waals surface area contributed by atoms with Gasteiger partial charge in [-0.2, -0.15) is 0 Å². The summed E-state index contributed by atoms with van der Waals surface area (Å²) >= 11 is 3.47. The molecule has 0 saturated carbocycles. The third kappa shape index (κ3) is 4.08. The maximum absolute atomic E-state index is 12.6. The van der Waals surface area contributed by atoms with Gasteiger partial charge in [-0.15, -0.1) is 0 Å². The number of benzene rings is 1. The van der Waals surface area contributed by atoms with Gasteiger partial charge in [0.2, 0.25) is 10.0 Å². The number of nitrogens with one attached hydrogen (secondary N) is 1. The zero-order chi connectivity index (χ0) is 16.3. The average Bonchev–Trinajstić information content (AvgIpc) is 2.45. The first-order chi connectivity index (χ1) is 10.3. The SMILES string of the molecule is Cc1cc(C)c(S(=O)(=O)NCCN2CCOCC2)c(C)c1Br. The van der Waals surface area contributed by atoms with E-state index in [-0.39, 0.29) is 0 Å². The van der Waals surface area contributed by atoms with E-state index in [1.165, 1.54) is 0 Å². The second-order valence-electron chi connectivity index (χ2n) is 5.63. The van der Waals surface area contributed by atoms with Crippen molar-refractivity contribution in [3.05, 3.63) is 27.2 Å². The van der Waals surface area contributed by atoms with E-state index in [9.17, 15) is 8.42 Å². The highest BCUT2D eigenvalue weighted by molar-refractivity contribution is 9.10. The molecule has 1 aliphatic heterocycles. The molecule has 0 aliphatic carbocycles. The van der Waals surface area contributed by atoms with Crippen LogP contribution >= 0.6 is 15.9 Å². The Kier molecular flexibility index (Phi) is 6.01. The summed E-state index contributed by atoms with van der Waals surface area (Å²) in [6.45, 7) is 9.90. The molecule has 1 heterocycles. The fourth-order valence-electron chi connectivity index (χ4n) is 2.79. The van der Waals surface area contributed by atoms with Gasteiger partial charge in [-0.25, -0.2) is 13.1 Å². The van der Waals surface area contributed by atoms with Crippen LogP contribution in [0, 0.1) is 20.8 Å². The first-order valence-electron chi connectivity index (χ1n) is 7.39. The van der Waals surface area contributed by atoms with Gasteiger partial charge >= 0.3 is 0 Å². The van der Waals surface area contributed by atoms with Crippen LogP contribution in [0.15, 0.2) is 15.4 Å². The second kappa shape index (κ2) is 7.40. The van der Waals surface area contributed by atoms with E-state index in [4.69, 9.17) is 4.74 Å². The van der Waals surface area contributed by atoms with Crippen LogP contribution in [0.5, 0.6) is 0 Å². The molecule has 1 N–H and O–H groups in total. The molecule has 7 heteroatoms. The lowest BCUT2D eigenvalue weighted by molar-refractivity contribution is 0.0390. The molecule has 124 valence electrons. The van der Waals surface area contributed by atoms with Gasteiger partial charge in [0, 0.05) is 30.7 Å². The van der Waals surface area contributed by atoms with Gasteiger partial charge in [-0.3, -0.25) is 4.90 Å². The second-order valence-corrected chi connectivity index (χ2v) is 8.13. The van der Waals surface area contributed by atoms with Crippen molar-refractivity contribution in [1.29, 1.82) is 0 Å². The average molecular weight is 391 g/mol. The Morgan fingerprint density at radius 1 is 1.23 bits per heavy atom. The fraction of sp³-hybridized carbons (Fsp3) is 0.600. The largest absolute Gasteiger partial charge is 0.379 e. The monoisotopic (exact) mass is 390 g/mol. The number of hydrogen-bond donors (Lipinski definition) is 1. The molecule has 0 aromatic heterocycles. The molecule has 1 aromatic carbocycles. The minimum absolute atomic E-state index is 0.381. The normalized spacial score (nSPS) is 16.9. The minimum Gasteiger partial charge on any atom is -0.379 e. The summed E-state index contributed by atoms with van der Waals surface area (Å²) in [5, 5.41) is 0. The predicted molar refractivity (Wildman–Crippen MR) is 90.8 cm³/mol. The van der Waals surface area contributed by atoms with Crippen LogP contribution < -0.4 is 4.72 Å². The third-order valence-electron chi connectivity index (χ3n) is 3.90. The van der Waals surface area contributed by atoms with Crippen LogP contribution in [0.3, 0.4) is 0 Å². The molecular formula is C15H23BrN2O3S. The molecule has 5 nitrogen and oxygen atoms in total. The number of aryl methyl sites for hydroxylation is 2.